The van der Waals surface area contributed by atoms with E-state index in [2.05, 4.69) is 20.6 Å². The lowest BCUT2D eigenvalue weighted by atomic mass is 10.1. The van der Waals surface area contributed by atoms with Crippen molar-refractivity contribution in [2.24, 2.45) is 0 Å². The van der Waals surface area contributed by atoms with Crippen LogP contribution < -0.4 is 10.6 Å². The van der Waals surface area contributed by atoms with Crippen LogP contribution in [0.4, 0.5) is 11.8 Å². The van der Waals surface area contributed by atoms with E-state index in [0.717, 1.165) is 12.4 Å². The topological polar surface area (TPSA) is 49.8 Å². The van der Waals surface area contributed by atoms with Crippen molar-refractivity contribution < 1.29 is 0 Å². The second kappa shape index (κ2) is 5.94. The third kappa shape index (κ3) is 3.27. The molecule has 1 aromatic rings. The van der Waals surface area contributed by atoms with Gasteiger partial charge in [0.2, 0.25) is 5.95 Å². The molecule has 0 saturated carbocycles. The summed E-state index contributed by atoms with van der Waals surface area (Å²) >= 11 is 2.04. The van der Waals surface area contributed by atoms with E-state index < -0.39 is 0 Å². The smallest absolute Gasteiger partial charge is 0.224 e. The molecule has 0 amide bonds. The zero-order valence-corrected chi connectivity index (χ0v) is 10.4. The highest BCUT2D eigenvalue weighted by atomic mass is 32.2. The summed E-state index contributed by atoms with van der Waals surface area (Å²) in [5.74, 6) is 4.14. The Morgan fingerprint density at radius 3 is 3.00 bits per heavy atom. The lowest BCUT2D eigenvalue weighted by Gasteiger charge is -2.23. The van der Waals surface area contributed by atoms with Crippen LogP contribution in [0.1, 0.15) is 19.8 Å². The van der Waals surface area contributed by atoms with Crippen LogP contribution in [0.2, 0.25) is 0 Å². The number of nitrogens with one attached hydrogen (secondary N) is 2. The van der Waals surface area contributed by atoms with Crippen molar-refractivity contribution in [2.45, 2.75) is 25.8 Å². The summed E-state index contributed by atoms with van der Waals surface area (Å²) in [6.07, 6.45) is 4.25. The molecule has 4 nitrogen and oxygen atoms in total. The molecular formula is C11H18N4S. The maximum absolute atomic E-state index is 4.42. The third-order valence-electron chi connectivity index (χ3n) is 2.56. The molecule has 5 heteroatoms. The molecule has 0 aliphatic carbocycles. The van der Waals surface area contributed by atoms with Gasteiger partial charge in [-0.2, -0.15) is 16.7 Å². The molecule has 1 aromatic heterocycles. The summed E-state index contributed by atoms with van der Waals surface area (Å²) < 4.78 is 0. The van der Waals surface area contributed by atoms with Gasteiger partial charge in [-0.1, -0.05) is 0 Å². The van der Waals surface area contributed by atoms with E-state index >= 15 is 0 Å². The molecule has 2 N–H and O–H groups in total. The van der Waals surface area contributed by atoms with Gasteiger partial charge in [-0.15, -0.1) is 0 Å². The van der Waals surface area contributed by atoms with Gasteiger partial charge in [-0.3, -0.25) is 0 Å². The van der Waals surface area contributed by atoms with Gasteiger partial charge in [0, 0.05) is 18.8 Å². The highest BCUT2D eigenvalue weighted by Gasteiger charge is 2.13. The van der Waals surface area contributed by atoms with E-state index in [0.29, 0.717) is 12.0 Å². The van der Waals surface area contributed by atoms with Gasteiger partial charge < -0.3 is 10.6 Å². The Hall–Kier alpha value is -0.970. The van der Waals surface area contributed by atoms with Crippen LogP contribution in [0.15, 0.2) is 12.3 Å². The molecular weight excluding hydrogens is 220 g/mol. The molecule has 88 valence electrons. The summed E-state index contributed by atoms with van der Waals surface area (Å²) in [6.45, 7) is 2.89. The largest absolute Gasteiger partial charge is 0.367 e. The summed E-state index contributed by atoms with van der Waals surface area (Å²) in [5.41, 5.74) is 0. The lowest BCUT2D eigenvalue weighted by molar-refractivity contribution is 0.663. The van der Waals surface area contributed by atoms with E-state index in [1.807, 2.05) is 24.8 Å². The first-order chi connectivity index (χ1) is 7.88. The maximum atomic E-state index is 4.42. The van der Waals surface area contributed by atoms with Crippen molar-refractivity contribution in [3.05, 3.63) is 12.3 Å². The van der Waals surface area contributed by atoms with Gasteiger partial charge in [0.05, 0.1) is 0 Å². The second-order valence-corrected chi connectivity index (χ2v) is 5.05. The Kier molecular flexibility index (Phi) is 4.27. The van der Waals surface area contributed by atoms with Crippen LogP contribution >= 0.6 is 11.8 Å². The van der Waals surface area contributed by atoms with E-state index in [1.165, 1.54) is 24.3 Å². The third-order valence-corrected chi connectivity index (χ3v) is 3.61. The van der Waals surface area contributed by atoms with Crippen LogP contribution in [0.3, 0.4) is 0 Å². The number of thioether (sulfide) groups is 1. The molecule has 0 bridgehead atoms. The number of anilines is 2. The molecule has 0 aromatic carbocycles. The Bertz CT molecular complexity index is 326. The number of hydrogen-bond donors (Lipinski definition) is 2. The van der Waals surface area contributed by atoms with Crippen molar-refractivity contribution in [3.63, 3.8) is 0 Å². The monoisotopic (exact) mass is 238 g/mol. The highest BCUT2D eigenvalue weighted by Crippen LogP contribution is 2.20. The number of rotatable bonds is 4. The van der Waals surface area contributed by atoms with Crippen molar-refractivity contribution in [2.75, 3.05) is 28.7 Å². The Morgan fingerprint density at radius 1 is 1.44 bits per heavy atom. The molecule has 0 unspecified atom stereocenters. The molecule has 1 aliphatic heterocycles. The molecule has 1 aliphatic rings. The molecule has 0 spiro atoms. The van der Waals surface area contributed by atoms with Crippen LogP contribution in [0, 0.1) is 0 Å². The first kappa shape index (κ1) is 11.5. The van der Waals surface area contributed by atoms with Crippen molar-refractivity contribution in [1.29, 1.82) is 0 Å². The van der Waals surface area contributed by atoms with Gasteiger partial charge >= 0.3 is 0 Å². The Labute approximate surface area is 101 Å². The van der Waals surface area contributed by atoms with Crippen molar-refractivity contribution in [3.8, 4) is 0 Å². The van der Waals surface area contributed by atoms with E-state index in [9.17, 15) is 0 Å². The minimum absolute atomic E-state index is 0.575. The first-order valence-corrected chi connectivity index (χ1v) is 6.95. The molecule has 0 radical (unpaired) electrons. The maximum Gasteiger partial charge on any atom is 0.224 e. The molecule has 2 rings (SSSR count). The van der Waals surface area contributed by atoms with E-state index in [4.69, 9.17) is 0 Å². The summed E-state index contributed by atoms with van der Waals surface area (Å²) in [6, 6.07) is 2.51. The normalized spacial score (nSPS) is 17.1. The minimum Gasteiger partial charge on any atom is -0.367 e. The zero-order valence-electron chi connectivity index (χ0n) is 9.57. The number of aromatic nitrogens is 2. The summed E-state index contributed by atoms with van der Waals surface area (Å²) in [7, 11) is 0. The van der Waals surface area contributed by atoms with E-state index in [1.54, 1.807) is 6.20 Å². The molecule has 16 heavy (non-hydrogen) atoms. The van der Waals surface area contributed by atoms with Crippen molar-refractivity contribution in [1.82, 2.24) is 9.97 Å². The van der Waals surface area contributed by atoms with Gasteiger partial charge in [0.1, 0.15) is 5.82 Å². The quantitative estimate of drug-likeness (QED) is 0.842. The number of hydrogen-bond acceptors (Lipinski definition) is 5. The zero-order chi connectivity index (χ0) is 11.2. The fraction of sp³-hybridized carbons (Fsp3) is 0.636. The molecule has 1 fully saturated rings. The second-order valence-electron chi connectivity index (χ2n) is 3.83. The lowest BCUT2D eigenvalue weighted by Crippen LogP contribution is -2.25. The Balaban J connectivity index is 1.94. The first-order valence-electron chi connectivity index (χ1n) is 5.79. The predicted molar refractivity (Wildman–Crippen MR) is 70.2 cm³/mol. The van der Waals surface area contributed by atoms with Gasteiger partial charge in [0.25, 0.3) is 0 Å². The van der Waals surface area contributed by atoms with Crippen LogP contribution in [-0.4, -0.2) is 34.1 Å². The minimum atomic E-state index is 0.575. The fourth-order valence-corrected chi connectivity index (χ4v) is 2.84. The van der Waals surface area contributed by atoms with Gasteiger partial charge in [0.15, 0.2) is 0 Å². The van der Waals surface area contributed by atoms with Crippen molar-refractivity contribution >= 4 is 23.5 Å². The predicted octanol–water partition coefficient (Wildman–Crippen LogP) is 2.22. The average molecular weight is 238 g/mol. The van der Waals surface area contributed by atoms with Crippen LogP contribution in [0.5, 0.6) is 0 Å². The molecule has 1 saturated heterocycles. The highest BCUT2D eigenvalue weighted by molar-refractivity contribution is 7.99. The summed E-state index contributed by atoms with van der Waals surface area (Å²) in [4.78, 5) is 8.57. The number of nitrogens with zero attached hydrogens (tertiary/aromatic N) is 2. The summed E-state index contributed by atoms with van der Waals surface area (Å²) in [5, 5.41) is 6.59. The average Bonchev–Trinajstić information content (AvgIpc) is 2.31. The fourth-order valence-electron chi connectivity index (χ4n) is 1.73. The molecule has 0 atom stereocenters. The van der Waals surface area contributed by atoms with Gasteiger partial charge in [-0.05, 0) is 37.3 Å². The Morgan fingerprint density at radius 2 is 2.25 bits per heavy atom. The standard InChI is InChI=1S/C11H18N4S/c1-2-12-11-13-6-3-10(15-11)14-9-4-7-16-8-5-9/h3,6,9H,2,4-5,7-8H2,1H3,(H2,12,13,14,15). The SMILES string of the molecule is CCNc1nccc(NC2CCSCC2)n1. The van der Waals surface area contributed by atoms with Crippen LogP contribution in [0.25, 0.3) is 0 Å². The molecule has 2 heterocycles. The van der Waals surface area contributed by atoms with E-state index in [-0.39, 0.29) is 0 Å². The van der Waals surface area contributed by atoms with Crippen LogP contribution in [-0.2, 0) is 0 Å². The van der Waals surface area contributed by atoms with Gasteiger partial charge in [-0.25, -0.2) is 4.98 Å².